The average Bonchev–Trinajstić information content (AvgIpc) is 3.08. The van der Waals surface area contributed by atoms with Gasteiger partial charge in [0.2, 0.25) is 11.8 Å². The minimum Gasteiger partial charge on any atom is -0.406 e. The van der Waals surface area contributed by atoms with E-state index in [9.17, 15) is 22.8 Å². The van der Waals surface area contributed by atoms with Crippen molar-refractivity contribution in [3.63, 3.8) is 0 Å². The number of carbonyl (C=O) groups excluding carboxylic acids is 2. The molecule has 12 heteroatoms. The second-order valence-electron chi connectivity index (χ2n) is 10.6. The Hall–Kier alpha value is -2.79. The van der Waals surface area contributed by atoms with Gasteiger partial charge < -0.3 is 25.2 Å². The highest BCUT2D eigenvalue weighted by molar-refractivity contribution is 6.34. The van der Waals surface area contributed by atoms with Crippen LogP contribution in [0.1, 0.15) is 43.2 Å². The molecule has 2 aromatic carbocycles. The minimum atomic E-state index is -4.76. The van der Waals surface area contributed by atoms with Crippen molar-refractivity contribution in [2.75, 3.05) is 32.7 Å². The third kappa shape index (κ3) is 10.5. The molecule has 0 bridgehead atoms. The van der Waals surface area contributed by atoms with Crippen LogP contribution < -0.4 is 15.4 Å². The highest BCUT2D eigenvalue weighted by Crippen LogP contribution is 2.24. The molecule has 7 nitrogen and oxygen atoms in total. The van der Waals surface area contributed by atoms with Crippen molar-refractivity contribution < 1.29 is 27.5 Å². The Balaban J connectivity index is 1.36. The third-order valence-corrected chi connectivity index (χ3v) is 7.77. The lowest BCUT2D eigenvalue weighted by Gasteiger charge is -2.30. The average molecular weight is 628 g/mol. The van der Waals surface area contributed by atoms with Crippen LogP contribution in [0.4, 0.5) is 13.2 Å². The van der Waals surface area contributed by atoms with Crippen molar-refractivity contribution in [2.24, 2.45) is 0 Å². The Labute approximate surface area is 254 Å². The molecule has 228 valence electrons. The van der Waals surface area contributed by atoms with E-state index in [0.717, 1.165) is 25.2 Å². The van der Waals surface area contributed by atoms with Crippen LogP contribution in [0.5, 0.6) is 5.75 Å². The number of carbonyl (C=O) groups is 2. The van der Waals surface area contributed by atoms with Gasteiger partial charge in [-0.2, -0.15) is 0 Å². The molecule has 0 spiro atoms. The fraction of sp³-hybridized carbons (Fsp3) is 0.467. The molecule has 0 aromatic heterocycles. The number of ether oxygens (including phenoxy) is 1. The smallest absolute Gasteiger partial charge is 0.406 e. The van der Waals surface area contributed by atoms with E-state index in [1.54, 1.807) is 6.07 Å². The monoisotopic (exact) mass is 626 g/mol. The Morgan fingerprint density at radius 3 is 2.40 bits per heavy atom. The van der Waals surface area contributed by atoms with E-state index in [4.69, 9.17) is 23.2 Å². The molecular weight excluding hydrogens is 592 g/mol. The maximum atomic E-state index is 13.6. The fourth-order valence-corrected chi connectivity index (χ4v) is 5.83. The number of nitrogens with one attached hydrogen (secondary N) is 2. The van der Waals surface area contributed by atoms with Crippen LogP contribution >= 0.6 is 23.2 Å². The first-order chi connectivity index (χ1) is 20.0. The van der Waals surface area contributed by atoms with Crippen molar-refractivity contribution in [1.82, 2.24) is 20.4 Å². The Morgan fingerprint density at radius 2 is 1.74 bits per heavy atom. The van der Waals surface area contributed by atoms with Gasteiger partial charge in [0.25, 0.3) is 0 Å². The first-order valence-corrected chi connectivity index (χ1v) is 14.8. The number of amides is 2. The van der Waals surface area contributed by atoms with Gasteiger partial charge in [-0.15, -0.1) is 13.2 Å². The number of halogens is 5. The molecule has 2 aliphatic heterocycles. The lowest BCUT2D eigenvalue weighted by atomic mass is 10.1. The molecule has 2 amide bonds. The first-order valence-electron chi connectivity index (χ1n) is 14.1. The van der Waals surface area contributed by atoms with Crippen LogP contribution in [0.25, 0.3) is 6.08 Å². The molecule has 4 rings (SSSR count). The summed E-state index contributed by atoms with van der Waals surface area (Å²) in [5, 5.41) is 7.39. The molecule has 2 N–H and O–H groups in total. The third-order valence-electron chi connectivity index (χ3n) is 7.34. The first kappa shape index (κ1) is 32.1. The van der Waals surface area contributed by atoms with Crippen LogP contribution in [0.15, 0.2) is 48.5 Å². The topological polar surface area (TPSA) is 73.9 Å². The summed E-state index contributed by atoms with van der Waals surface area (Å²) in [6.07, 6.45) is 2.93. The maximum Gasteiger partial charge on any atom is 0.573 e. The number of alkyl halides is 3. The second kappa shape index (κ2) is 15.1. The van der Waals surface area contributed by atoms with Crippen molar-refractivity contribution in [2.45, 2.75) is 57.1 Å². The number of piperidine rings is 1. The zero-order valence-corrected chi connectivity index (χ0v) is 24.6. The SMILES string of the molecule is O=C(/C=C/c1ccc(OC(F)(F)F)cc1)NC[C@@H]1CCN(Cc2cc(Cl)cc(Cl)c2)C(=O)[C@H](CCN2CCCCC2)N1. The minimum absolute atomic E-state index is 0.00905. The zero-order valence-electron chi connectivity index (χ0n) is 23.1. The number of likely N-dealkylation sites (tertiary alicyclic amines) is 1. The molecule has 2 aromatic rings. The summed E-state index contributed by atoms with van der Waals surface area (Å²) >= 11 is 12.4. The Kier molecular flexibility index (Phi) is 11.5. The zero-order chi connectivity index (χ0) is 30.1. The summed E-state index contributed by atoms with van der Waals surface area (Å²) in [4.78, 5) is 30.4. The fourth-order valence-electron chi connectivity index (χ4n) is 5.26. The molecule has 0 aliphatic carbocycles. The highest BCUT2D eigenvalue weighted by atomic mass is 35.5. The summed E-state index contributed by atoms with van der Waals surface area (Å²) in [6, 6.07) is 9.96. The van der Waals surface area contributed by atoms with Crippen LogP contribution in [-0.2, 0) is 16.1 Å². The number of rotatable bonds is 10. The van der Waals surface area contributed by atoms with Crippen molar-refractivity contribution >= 4 is 41.1 Å². The molecular formula is C30H35Cl2F3N4O3. The van der Waals surface area contributed by atoms with Crippen molar-refractivity contribution in [3.8, 4) is 5.75 Å². The van der Waals surface area contributed by atoms with E-state index in [1.807, 2.05) is 17.0 Å². The summed E-state index contributed by atoms with van der Waals surface area (Å²) in [5.74, 6) is -0.673. The largest absolute Gasteiger partial charge is 0.573 e. The summed E-state index contributed by atoms with van der Waals surface area (Å²) in [5.41, 5.74) is 1.40. The highest BCUT2D eigenvalue weighted by Gasteiger charge is 2.32. The van der Waals surface area contributed by atoms with Crippen LogP contribution in [-0.4, -0.2) is 72.8 Å². The molecule has 0 unspecified atom stereocenters. The molecule has 42 heavy (non-hydrogen) atoms. The van der Waals surface area contributed by atoms with Gasteiger partial charge in [0.15, 0.2) is 0 Å². The van der Waals surface area contributed by atoms with E-state index in [2.05, 4.69) is 20.3 Å². The maximum absolute atomic E-state index is 13.6. The molecule has 2 atom stereocenters. The number of nitrogens with zero attached hydrogens (tertiary/aromatic N) is 2. The van der Waals surface area contributed by atoms with Gasteiger partial charge in [0, 0.05) is 48.3 Å². The second-order valence-corrected chi connectivity index (χ2v) is 11.5. The van der Waals surface area contributed by atoms with Gasteiger partial charge in [-0.05, 0) is 86.3 Å². The molecule has 2 saturated heterocycles. The van der Waals surface area contributed by atoms with Gasteiger partial charge in [0.1, 0.15) is 5.75 Å². The Bertz CT molecular complexity index is 1220. The molecule has 2 fully saturated rings. The quantitative estimate of drug-likeness (QED) is 0.333. The van der Waals surface area contributed by atoms with E-state index in [0.29, 0.717) is 48.1 Å². The molecule has 2 aliphatic rings. The van der Waals surface area contributed by atoms with E-state index in [-0.39, 0.29) is 23.6 Å². The lowest BCUT2D eigenvalue weighted by Crippen LogP contribution is -2.50. The summed E-state index contributed by atoms with van der Waals surface area (Å²) in [6.45, 7) is 4.08. The van der Waals surface area contributed by atoms with E-state index in [1.165, 1.54) is 55.7 Å². The van der Waals surface area contributed by atoms with Crippen LogP contribution in [0.3, 0.4) is 0 Å². The van der Waals surface area contributed by atoms with Crippen molar-refractivity contribution in [1.29, 1.82) is 0 Å². The van der Waals surface area contributed by atoms with E-state index < -0.39 is 12.4 Å². The van der Waals surface area contributed by atoms with Gasteiger partial charge in [-0.25, -0.2) is 0 Å². The van der Waals surface area contributed by atoms with E-state index >= 15 is 0 Å². The van der Waals surface area contributed by atoms with Gasteiger partial charge >= 0.3 is 6.36 Å². The van der Waals surface area contributed by atoms with Crippen LogP contribution in [0.2, 0.25) is 10.0 Å². The van der Waals surface area contributed by atoms with Gasteiger partial charge in [0.05, 0.1) is 6.04 Å². The van der Waals surface area contributed by atoms with Gasteiger partial charge in [-0.1, -0.05) is 41.8 Å². The normalized spacial score (nSPS) is 20.5. The standard InChI is InChI=1S/C30H35Cl2F3N4O3/c31-23-16-22(17-24(32)18-23)20-39-15-10-25(37-27(29(39)41)11-14-38-12-2-1-3-13-38)19-36-28(40)9-6-21-4-7-26(8-5-21)42-30(33,34)35/h4-9,16-18,25,27,37H,1-3,10-15,19-20H2,(H,36,40)/b9-6+/t25-,27-/m0/s1. The summed E-state index contributed by atoms with van der Waals surface area (Å²) < 4.78 is 40.9. The lowest BCUT2D eigenvalue weighted by molar-refractivity contribution is -0.274. The number of benzene rings is 2. The van der Waals surface area contributed by atoms with Crippen molar-refractivity contribution in [3.05, 3.63) is 69.7 Å². The predicted octanol–water partition coefficient (Wildman–Crippen LogP) is 5.66. The summed E-state index contributed by atoms with van der Waals surface area (Å²) in [7, 11) is 0. The Morgan fingerprint density at radius 1 is 1.05 bits per heavy atom. The molecule has 0 radical (unpaired) electrons. The number of hydrogen-bond donors (Lipinski definition) is 2. The van der Waals surface area contributed by atoms with Crippen LogP contribution in [0, 0.1) is 0 Å². The predicted molar refractivity (Wildman–Crippen MR) is 157 cm³/mol. The van der Waals surface area contributed by atoms with Gasteiger partial charge in [-0.3, -0.25) is 9.59 Å². The molecule has 2 heterocycles. The number of hydrogen-bond acceptors (Lipinski definition) is 5. The molecule has 0 saturated carbocycles.